The molecule has 0 aliphatic carbocycles. The van der Waals surface area contributed by atoms with E-state index in [-0.39, 0.29) is 0 Å². The second kappa shape index (κ2) is 2.77. The summed E-state index contributed by atoms with van der Waals surface area (Å²) in [6, 6.07) is 0. The van der Waals surface area contributed by atoms with E-state index in [2.05, 4.69) is 25.6 Å². The zero-order valence-electron chi connectivity index (χ0n) is 5.68. The van der Waals surface area contributed by atoms with Gasteiger partial charge in [-0.2, -0.15) is 11.8 Å². The van der Waals surface area contributed by atoms with E-state index in [1.165, 1.54) is 18.6 Å². The highest BCUT2D eigenvalue weighted by atomic mass is 32.2. The minimum Gasteiger partial charge on any atom is -0.159 e. The molecule has 8 heavy (non-hydrogen) atoms. The maximum Gasteiger partial charge on any atom is 0.00443 e. The van der Waals surface area contributed by atoms with Gasteiger partial charge in [-0.1, -0.05) is 13.8 Å². The van der Waals surface area contributed by atoms with E-state index >= 15 is 0 Å². The molecule has 1 rings (SSSR count). The molecule has 0 saturated carbocycles. The van der Waals surface area contributed by atoms with Crippen LogP contribution in [-0.4, -0.2) is 11.0 Å². The lowest BCUT2D eigenvalue weighted by molar-refractivity contribution is 0.507. The molecule has 0 aromatic rings. The minimum absolute atomic E-state index is 0.920. The molecule has 0 N–H and O–H groups in total. The fourth-order valence-corrected chi connectivity index (χ4v) is 2.24. The van der Waals surface area contributed by atoms with Crippen LogP contribution < -0.4 is 0 Å². The molecule has 0 aromatic carbocycles. The first kappa shape index (κ1) is 6.47. The van der Waals surface area contributed by atoms with E-state index in [0.29, 0.717) is 0 Å². The largest absolute Gasteiger partial charge is 0.159 e. The first-order chi connectivity index (χ1) is 3.80. The monoisotopic (exact) mass is 130 g/mol. The van der Waals surface area contributed by atoms with Crippen LogP contribution >= 0.6 is 11.8 Å². The Morgan fingerprint density at radius 1 is 1.38 bits per heavy atom. The van der Waals surface area contributed by atoms with Crippen LogP contribution in [-0.2, 0) is 0 Å². The van der Waals surface area contributed by atoms with Crippen LogP contribution in [0.5, 0.6) is 0 Å². The lowest BCUT2D eigenvalue weighted by Gasteiger charge is -2.24. The molecule has 1 aliphatic heterocycles. The molecule has 1 aliphatic rings. The summed E-state index contributed by atoms with van der Waals surface area (Å²) >= 11 is 2.13. The van der Waals surface area contributed by atoms with Gasteiger partial charge in [0.1, 0.15) is 0 Å². The highest BCUT2D eigenvalue weighted by Crippen LogP contribution is 2.29. The predicted octanol–water partition coefficient (Wildman–Crippen LogP) is 2.54. The first-order valence-corrected chi connectivity index (χ1v) is 4.47. The van der Waals surface area contributed by atoms with Crippen LogP contribution in [0.25, 0.3) is 0 Å². The molecule has 48 valence electrons. The molecular formula is C7H14S. The normalized spacial score (nSPS) is 39.8. The Morgan fingerprint density at radius 2 is 2.12 bits per heavy atom. The summed E-state index contributed by atoms with van der Waals surface area (Å²) in [5.74, 6) is 2.36. The van der Waals surface area contributed by atoms with Crippen LogP contribution in [0.3, 0.4) is 0 Å². The van der Waals surface area contributed by atoms with Crippen molar-refractivity contribution in [1.29, 1.82) is 0 Å². The van der Waals surface area contributed by atoms with Crippen molar-refractivity contribution in [3.05, 3.63) is 0 Å². The van der Waals surface area contributed by atoms with E-state index < -0.39 is 0 Å². The number of hydrogen-bond acceptors (Lipinski definition) is 1. The first-order valence-electron chi connectivity index (χ1n) is 3.42. The highest BCUT2D eigenvalue weighted by molar-refractivity contribution is 7.99. The molecule has 1 saturated heterocycles. The van der Waals surface area contributed by atoms with Crippen molar-refractivity contribution in [2.24, 2.45) is 5.92 Å². The highest BCUT2D eigenvalue weighted by Gasteiger charge is 2.16. The molecule has 0 amide bonds. The van der Waals surface area contributed by atoms with Crippen molar-refractivity contribution in [1.82, 2.24) is 0 Å². The van der Waals surface area contributed by atoms with Gasteiger partial charge in [0.15, 0.2) is 0 Å². The van der Waals surface area contributed by atoms with Crippen LogP contribution in [0.2, 0.25) is 0 Å². The Hall–Kier alpha value is 0.350. The average molecular weight is 130 g/mol. The molecule has 0 spiro atoms. The molecule has 0 nitrogen and oxygen atoms in total. The van der Waals surface area contributed by atoms with Gasteiger partial charge < -0.3 is 0 Å². The second-order valence-corrected chi connectivity index (χ2v) is 4.18. The predicted molar refractivity (Wildman–Crippen MR) is 40.3 cm³/mol. The summed E-state index contributed by atoms with van der Waals surface area (Å²) in [4.78, 5) is 0. The van der Waals surface area contributed by atoms with E-state index in [4.69, 9.17) is 0 Å². The fourth-order valence-electron chi connectivity index (χ4n) is 1.07. The zero-order valence-corrected chi connectivity index (χ0v) is 6.50. The third-order valence-electron chi connectivity index (χ3n) is 1.99. The quantitative estimate of drug-likeness (QED) is 0.485. The zero-order chi connectivity index (χ0) is 5.98. The SMILES string of the molecule is C[C@H]1CCCS[C@@H]1C. The van der Waals surface area contributed by atoms with Crippen LogP contribution in [0.4, 0.5) is 0 Å². The van der Waals surface area contributed by atoms with Gasteiger partial charge in [-0.25, -0.2) is 0 Å². The summed E-state index contributed by atoms with van der Waals surface area (Å²) in [7, 11) is 0. The Balaban J connectivity index is 2.28. The van der Waals surface area contributed by atoms with E-state index in [0.717, 1.165) is 11.2 Å². The summed E-state index contributed by atoms with van der Waals surface area (Å²) in [6.45, 7) is 4.70. The molecule has 1 fully saturated rings. The maximum atomic E-state index is 2.36. The van der Waals surface area contributed by atoms with Crippen molar-refractivity contribution < 1.29 is 0 Å². The van der Waals surface area contributed by atoms with Crippen LogP contribution in [0, 0.1) is 5.92 Å². The van der Waals surface area contributed by atoms with Gasteiger partial charge in [0, 0.05) is 5.25 Å². The number of hydrogen-bond donors (Lipinski definition) is 0. The van der Waals surface area contributed by atoms with Gasteiger partial charge >= 0.3 is 0 Å². The van der Waals surface area contributed by atoms with Crippen molar-refractivity contribution in [2.45, 2.75) is 31.9 Å². The molecule has 1 heterocycles. The van der Waals surface area contributed by atoms with Crippen molar-refractivity contribution in [3.63, 3.8) is 0 Å². The Labute approximate surface area is 56.0 Å². The van der Waals surface area contributed by atoms with Crippen molar-refractivity contribution >= 4 is 11.8 Å². The van der Waals surface area contributed by atoms with Crippen LogP contribution in [0.15, 0.2) is 0 Å². The van der Waals surface area contributed by atoms with Gasteiger partial charge in [-0.05, 0) is 24.5 Å². The lowest BCUT2D eigenvalue weighted by atomic mass is 10.0. The van der Waals surface area contributed by atoms with Gasteiger partial charge in [0.2, 0.25) is 0 Å². The van der Waals surface area contributed by atoms with Gasteiger partial charge in [0.05, 0.1) is 0 Å². The molecule has 1 heteroatoms. The van der Waals surface area contributed by atoms with Gasteiger partial charge in [0.25, 0.3) is 0 Å². The molecule has 0 aromatic heterocycles. The molecule has 2 atom stereocenters. The molecule has 0 unspecified atom stereocenters. The standard InChI is InChI=1S/C7H14S/c1-6-4-3-5-8-7(6)2/h6-7H,3-5H2,1-2H3/t6-,7+/m0/s1. The Morgan fingerprint density at radius 3 is 2.50 bits per heavy atom. The topological polar surface area (TPSA) is 0 Å². The van der Waals surface area contributed by atoms with E-state index in [9.17, 15) is 0 Å². The molecular weight excluding hydrogens is 116 g/mol. The summed E-state index contributed by atoms with van der Waals surface area (Å²) < 4.78 is 0. The number of rotatable bonds is 0. The summed E-state index contributed by atoms with van der Waals surface area (Å²) in [6.07, 6.45) is 2.89. The van der Waals surface area contributed by atoms with Gasteiger partial charge in [-0.3, -0.25) is 0 Å². The summed E-state index contributed by atoms with van der Waals surface area (Å²) in [5.41, 5.74) is 0. The van der Waals surface area contributed by atoms with Gasteiger partial charge in [-0.15, -0.1) is 0 Å². The second-order valence-electron chi connectivity index (χ2n) is 2.70. The lowest BCUT2D eigenvalue weighted by Crippen LogP contribution is -2.15. The third kappa shape index (κ3) is 1.41. The van der Waals surface area contributed by atoms with Crippen molar-refractivity contribution in [2.75, 3.05) is 5.75 Å². The third-order valence-corrected chi connectivity index (χ3v) is 3.50. The van der Waals surface area contributed by atoms with E-state index in [1.807, 2.05) is 0 Å². The Bertz CT molecular complexity index is 60.8. The average Bonchev–Trinajstić information content (AvgIpc) is 1.77. The van der Waals surface area contributed by atoms with Crippen molar-refractivity contribution in [3.8, 4) is 0 Å². The smallest absolute Gasteiger partial charge is 0.00443 e. The number of thioether (sulfide) groups is 1. The molecule has 0 radical (unpaired) electrons. The molecule has 0 bridgehead atoms. The minimum atomic E-state index is 0.920. The summed E-state index contributed by atoms with van der Waals surface area (Å²) in [5, 5.41) is 0.920. The fraction of sp³-hybridized carbons (Fsp3) is 1.00. The Kier molecular flexibility index (Phi) is 2.24. The van der Waals surface area contributed by atoms with E-state index in [1.54, 1.807) is 0 Å². The maximum absolute atomic E-state index is 2.36. The van der Waals surface area contributed by atoms with Crippen LogP contribution in [0.1, 0.15) is 26.7 Å².